The summed E-state index contributed by atoms with van der Waals surface area (Å²) in [4.78, 5) is 15.3. The first-order valence-corrected chi connectivity index (χ1v) is 12.4. The number of anilines is 1. The quantitative estimate of drug-likeness (QED) is 0.575. The lowest BCUT2D eigenvalue weighted by molar-refractivity contribution is 0.0940. The Balaban J connectivity index is 1.38. The summed E-state index contributed by atoms with van der Waals surface area (Å²) >= 11 is 0. The molecule has 0 spiro atoms. The second-order valence-corrected chi connectivity index (χ2v) is 10.7. The number of hydrogen-bond acceptors (Lipinski definition) is 4. The molecule has 1 heterocycles. The van der Waals surface area contributed by atoms with Crippen molar-refractivity contribution in [2.75, 3.05) is 25.5 Å². The Morgan fingerprint density at radius 1 is 1.00 bits per heavy atom. The number of rotatable bonds is 7. The van der Waals surface area contributed by atoms with E-state index in [1.165, 1.54) is 29.7 Å². The maximum Gasteiger partial charge on any atom is 0.251 e. The van der Waals surface area contributed by atoms with Crippen molar-refractivity contribution >= 4 is 21.6 Å². The lowest BCUT2D eigenvalue weighted by Crippen LogP contribution is -2.27. The molecule has 0 saturated carbocycles. The van der Waals surface area contributed by atoms with Crippen molar-refractivity contribution in [2.24, 2.45) is 0 Å². The summed E-state index contributed by atoms with van der Waals surface area (Å²) in [5.74, 6) is -0.162. The van der Waals surface area contributed by atoms with E-state index in [0.29, 0.717) is 5.56 Å². The second kappa shape index (κ2) is 9.37. The van der Waals surface area contributed by atoms with Crippen LogP contribution < -0.4 is 10.2 Å². The molecule has 172 valence electrons. The summed E-state index contributed by atoms with van der Waals surface area (Å²) in [6.07, 6.45) is 1.07. The van der Waals surface area contributed by atoms with Crippen LogP contribution in [0.3, 0.4) is 0 Å². The van der Waals surface area contributed by atoms with Crippen LogP contribution >= 0.6 is 0 Å². The molecule has 7 heteroatoms. The van der Waals surface area contributed by atoms with Crippen molar-refractivity contribution in [2.45, 2.75) is 30.8 Å². The van der Waals surface area contributed by atoms with Crippen LogP contribution in [0, 0.1) is 0 Å². The fourth-order valence-electron chi connectivity index (χ4n) is 4.06. The van der Waals surface area contributed by atoms with E-state index in [1.54, 1.807) is 24.3 Å². The molecule has 3 aromatic rings. The minimum atomic E-state index is -3.47. The standard InChI is InChI=1S/C26H29N3O3S/c1-19(21-12-14-24(15-13-21)33(31,32)28(2)3)27-26(30)23-10-8-20(9-11-23)18-29-17-16-22-6-4-5-7-25(22)29/h4-15,19H,16-18H2,1-3H3,(H,27,30). The molecule has 1 N–H and O–H groups in total. The first kappa shape index (κ1) is 23.0. The maximum absolute atomic E-state index is 12.7. The van der Waals surface area contributed by atoms with Crippen molar-refractivity contribution in [1.29, 1.82) is 0 Å². The first-order chi connectivity index (χ1) is 15.8. The van der Waals surface area contributed by atoms with E-state index in [-0.39, 0.29) is 16.8 Å². The van der Waals surface area contributed by atoms with Crippen molar-refractivity contribution in [3.8, 4) is 0 Å². The van der Waals surface area contributed by atoms with E-state index in [2.05, 4.69) is 34.5 Å². The van der Waals surface area contributed by atoms with E-state index in [0.717, 1.165) is 30.6 Å². The molecular formula is C26H29N3O3S. The monoisotopic (exact) mass is 463 g/mol. The van der Waals surface area contributed by atoms with Crippen LogP contribution in [0.4, 0.5) is 5.69 Å². The number of carbonyl (C=O) groups is 1. The molecule has 0 aliphatic carbocycles. The number of nitrogens with one attached hydrogen (secondary N) is 1. The smallest absolute Gasteiger partial charge is 0.251 e. The molecular weight excluding hydrogens is 434 g/mol. The van der Waals surface area contributed by atoms with Crippen molar-refractivity contribution in [1.82, 2.24) is 9.62 Å². The van der Waals surface area contributed by atoms with Crippen LogP contribution in [-0.4, -0.2) is 39.3 Å². The van der Waals surface area contributed by atoms with Gasteiger partial charge in [-0.25, -0.2) is 12.7 Å². The van der Waals surface area contributed by atoms with Crippen molar-refractivity contribution < 1.29 is 13.2 Å². The molecule has 0 fully saturated rings. The lowest BCUT2D eigenvalue weighted by Gasteiger charge is -2.20. The van der Waals surface area contributed by atoms with E-state index in [1.807, 2.05) is 31.2 Å². The number of para-hydroxylation sites is 1. The Bertz CT molecular complexity index is 1240. The molecule has 0 radical (unpaired) electrons. The molecule has 3 aromatic carbocycles. The third kappa shape index (κ3) is 4.94. The molecule has 0 bridgehead atoms. The molecule has 1 amide bonds. The number of benzene rings is 3. The number of amides is 1. The number of sulfonamides is 1. The largest absolute Gasteiger partial charge is 0.367 e. The third-order valence-corrected chi connectivity index (χ3v) is 7.91. The van der Waals surface area contributed by atoms with Crippen molar-refractivity contribution in [3.05, 3.63) is 95.1 Å². The third-order valence-electron chi connectivity index (χ3n) is 6.08. The van der Waals surface area contributed by atoms with E-state index < -0.39 is 10.0 Å². The SMILES string of the molecule is CC(NC(=O)c1ccc(CN2CCc3ccccc32)cc1)c1ccc(S(=O)(=O)N(C)C)cc1. The lowest BCUT2D eigenvalue weighted by atomic mass is 10.1. The normalized spacial score (nSPS) is 14.2. The summed E-state index contributed by atoms with van der Waals surface area (Å²) < 4.78 is 25.6. The summed E-state index contributed by atoms with van der Waals surface area (Å²) in [6.45, 7) is 3.71. The summed E-state index contributed by atoms with van der Waals surface area (Å²) in [5, 5.41) is 2.99. The Kier molecular flexibility index (Phi) is 6.54. The molecule has 1 aliphatic heterocycles. The van der Waals surface area contributed by atoms with Gasteiger partial charge in [0.25, 0.3) is 5.91 Å². The average Bonchev–Trinajstić information content (AvgIpc) is 3.22. The predicted octanol–water partition coefficient (Wildman–Crippen LogP) is 3.99. The Morgan fingerprint density at radius 3 is 2.33 bits per heavy atom. The summed E-state index contributed by atoms with van der Waals surface area (Å²) in [6, 6.07) is 22.5. The Labute approximate surface area is 195 Å². The van der Waals surface area contributed by atoms with Crippen LogP contribution in [0.2, 0.25) is 0 Å². The van der Waals surface area contributed by atoms with E-state index in [9.17, 15) is 13.2 Å². The van der Waals surface area contributed by atoms with Gasteiger partial charge in [-0.2, -0.15) is 0 Å². The molecule has 0 saturated heterocycles. The van der Waals surface area contributed by atoms with Gasteiger partial charge in [-0.1, -0.05) is 42.5 Å². The number of hydrogen-bond donors (Lipinski definition) is 1. The first-order valence-electron chi connectivity index (χ1n) is 11.0. The second-order valence-electron chi connectivity index (χ2n) is 8.55. The molecule has 33 heavy (non-hydrogen) atoms. The predicted molar refractivity (Wildman–Crippen MR) is 131 cm³/mol. The zero-order chi connectivity index (χ0) is 23.6. The highest BCUT2D eigenvalue weighted by Gasteiger charge is 2.19. The van der Waals surface area contributed by atoms with Gasteiger partial charge in [-0.3, -0.25) is 4.79 Å². The van der Waals surface area contributed by atoms with Gasteiger partial charge >= 0.3 is 0 Å². The highest BCUT2D eigenvalue weighted by Crippen LogP contribution is 2.28. The number of fused-ring (bicyclic) bond motifs is 1. The number of nitrogens with zero attached hydrogens (tertiary/aromatic N) is 2. The Morgan fingerprint density at radius 2 is 1.67 bits per heavy atom. The molecule has 1 unspecified atom stereocenters. The van der Waals surface area contributed by atoms with Gasteiger partial charge in [0.15, 0.2) is 0 Å². The van der Waals surface area contributed by atoms with Gasteiger partial charge < -0.3 is 10.2 Å². The Hall–Kier alpha value is -3.16. The van der Waals surface area contributed by atoms with Gasteiger partial charge in [0.05, 0.1) is 10.9 Å². The van der Waals surface area contributed by atoms with Crippen LogP contribution in [0.15, 0.2) is 77.7 Å². The average molecular weight is 464 g/mol. The molecule has 1 atom stereocenters. The van der Waals surface area contributed by atoms with Crippen LogP contribution in [0.1, 0.15) is 40.0 Å². The zero-order valence-electron chi connectivity index (χ0n) is 19.2. The molecule has 1 aliphatic rings. The van der Waals surface area contributed by atoms with Gasteiger partial charge in [0.1, 0.15) is 0 Å². The molecule has 6 nitrogen and oxygen atoms in total. The van der Waals surface area contributed by atoms with Crippen LogP contribution in [-0.2, 0) is 23.0 Å². The minimum absolute atomic E-state index is 0.162. The van der Waals surface area contributed by atoms with Crippen LogP contribution in [0.5, 0.6) is 0 Å². The van der Waals surface area contributed by atoms with E-state index >= 15 is 0 Å². The number of carbonyl (C=O) groups excluding carboxylic acids is 1. The fourth-order valence-corrected chi connectivity index (χ4v) is 4.96. The molecule has 0 aromatic heterocycles. The van der Waals surface area contributed by atoms with E-state index in [4.69, 9.17) is 0 Å². The highest BCUT2D eigenvalue weighted by atomic mass is 32.2. The fraction of sp³-hybridized carbons (Fsp3) is 0.269. The van der Waals surface area contributed by atoms with Gasteiger partial charge in [-0.05, 0) is 60.4 Å². The van der Waals surface area contributed by atoms with Gasteiger partial charge in [0, 0.05) is 38.4 Å². The van der Waals surface area contributed by atoms with Gasteiger partial charge in [0.2, 0.25) is 10.0 Å². The molecule has 4 rings (SSSR count). The topological polar surface area (TPSA) is 69.7 Å². The van der Waals surface area contributed by atoms with Crippen molar-refractivity contribution in [3.63, 3.8) is 0 Å². The highest BCUT2D eigenvalue weighted by molar-refractivity contribution is 7.89. The maximum atomic E-state index is 12.7. The van der Waals surface area contributed by atoms with Gasteiger partial charge in [-0.15, -0.1) is 0 Å². The summed E-state index contributed by atoms with van der Waals surface area (Å²) in [5.41, 5.74) is 5.27. The zero-order valence-corrected chi connectivity index (χ0v) is 20.0. The minimum Gasteiger partial charge on any atom is -0.367 e. The summed E-state index contributed by atoms with van der Waals surface area (Å²) in [7, 11) is -0.469. The van der Waals surface area contributed by atoms with Crippen LogP contribution in [0.25, 0.3) is 0 Å².